The summed E-state index contributed by atoms with van der Waals surface area (Å²) in [6, 6.07) is 0. The normalized spacial score (nSPS) is 26.2. The Balaban J connectivity index is 2.15. The van der Waals surface area contributed by atoms with Gasteiger partial charge in [-0.05, 0) is 43.7 Å². The lowest BCUT2D eigenvalue weighted by Gasteiger charge is -2.30. The minimum Gasteiger partial charge on any atom is -0.512 e. The van der Waals surface area contributed by atoms with Crippen LogP contribution in [0.1, 0.15) is 54.0 Å². The van der Waals surface area contributed by atoms with Crippen molar-refractivity contribution < 1.29 is 10.2 Å². The molecule has 2 aliphatic carbocycles. The number of rotatable bonds is 3. The summed E-state index contributed by atoms with van der Waals surface area (Å²) in [7, 11) is 0. The molecule has 0 aliphatic heterocycles. The SMILES string of the molecule is CC1=CC(c2sc3c(c2/C(O)=C\O)CC(C)(C)CC3)C(CN)C=C1. The van der Waals surface area contributed by atoms with Gasteiger partial charge in [0.15, 0.2) is 5.76 Å². The number of hydrogen-bond acceptors (Lipinski definition) is 4. The summed E-state index contributed by atoms with van der Waals surface area (Å²) in [6.45, 7) is 7.20. The molecule has 2 unspecified atom stereocenters. The van der Waals surface area contributed by atoms with Crippen LogP contribution in [-0.2, 0) is 12.8 Å². The van der Waals surface area contributed by atoms with E-state index in [1.54, 1.807) is 11.3 Å². The van der Waals surface area contributed by atoms with Gasteiger partial charge in [0, 0.05) is 27.2 Å². The largest absolute Gasteiger partial charge is 0.512 e. The van der Waals surface area contributed by atoms with E-state index in [0.29, 0.717) is 6.54 Å². The van der Waals surface area contributed by atoms with Gasteiger partial charge in [-0.2, -0.15) is 0 Å². The minimum atomic E-state index is -0.0171. The second-order valence-electron chi connectivity index (χ2n) is 7.79. The molecule has 0 fully saturated rings. The van der Waals surface area contributed by atoms with Gasteiger partial charge in [-0.25, -0.2) is 0 Å². The lowest BCUT2D eigenvalue weighted by molar-refractivity contribution is 0.317. The van der Waals surface area contributed by atoms with Crippen LogP contribution in [0.15, 0.2) is 30.1 Å². The molecule has 0 saturated heterocycles. The Hall–Kier alpha value is -1.52. The molecule has 0 bridgehead atoms. The van der Waals surface area contributed by atoms with Crippen LogP contribution in [0, 0.1) is 11.3 Å². The van der Waals surface area contributed by atoms with Crippen LogP contribution < -0.4 is 5.73 Å². The van der Waals surface area contributed by atoms with E-state index in [4.69, 9.17) is 5.73 Å². The summed E-state index contributed by atoms with van der Waals surface area (Å²) >= 11 is 1.79. The van der Waals surface area contributed by atoms with E-state index >= 15 is 0 Å². The van der Waals surface area contributed by atoms with Gasteiger partial charge in [0.05, 0.1) is 0 Å². The van der Waals surface area contributed by atoms with Gasteiger partial charge in [0.2, 0.25) is 0 Å². The molecule has 4 N–H and O–H groups in total. The first kappa shape index (κ1) is 17.3. The van der Waals surface area contributed by atoms with Crippen LogP contribution in [0.3, 0.4) is 0 Å². The standard InChI is InChI=1S/C20H27NO2S/c1-12-4-5-13(10-21)14(8-12)19-18(16(23)11-22)15-9-20(2,3)7-6-17(15)24-19/h4-5,8,11,13-14,22-23H,6-7,9-10,21H2,1-3H3/b16-11+. The summed E-state index contributed by atoms with van der Waals surface area (Å²) in [5.41, 5.74) is 9.49. The molecular weight excluding hydrogens is 318 g/mol. The maximum absolute atomic E-state index is 10.4. The maximum atomic E-state index is 10.4. The highest BCUT2D eigenvalue weighted by Crippen LogP contribution is 2.48. The van der Waals surface area contributed by atoms with E-state index in [0.717, 1.165) is 36.0 Å². The first-order valence-corrected chi connectivity index (χ1v) is 9.43. The molecule has 0 aromatic carbocycles. The number of allylic oxidation sites excluding steroid dienone is 3. The predicted octanol–water partition coefficient (Wildman–Crippen LogP) is 4.85. The van der Waals surface area contributed by atoms with Crippen molar-refractivity contribution in [1.82, 2.24) is 0 Å². The highest BCUT2D eigenvalue weighted by molar-refractivity contribution is 7.12. The Morgan fingerprint density at radius 2 is 2.21 bits per heavy atom. The predicted molar refractivity (Wildman–Crippen MR) is 102 cm³/mol. The van der Waals surface area contributed by atoms with Crippen molar-refractivity contribution in [3.63, 3.8) is 0 Å². The third-order valence-electron chi connectivity index (χ3n) is 5.27. The topological polar surface area (TPSA) is 66.5 Å². The molecule has 0 saturated carbocycles. The fourth-order valence-electron chi connectivity index (χ4n) is 3.87. The Morgan fingerprint density at radius 1 is 1.46 bits per heavy atom. The van der Waals surface area contributed by atoms with Crippen molar-refractivity contribution in [1.29, 1.82) is 0 Å². The van der Waals surface area contributed by atoms with Gasteiger partial charge in [0.1, 0.15) is 6.26 Å². The van der Waals surface area contributed by atoms with Crippen molar-refractivity contribution in [3.8, 4) is 0 Å². The highest BCUT2D eigenvalue weighted by Gasteiger charge is 2.34. The van der Waals surface area contributed by atoms with Crippen molar-refractivity contribution >= 4 is 17.1 Å². The van der Waals surface area contributed by atoms with E-state index in [2.05, 4.69) is 39.0 Å². The summed E-state index contributed by atoms with van der Waals surface area (Å²) in [5, 5.41) is 19.9. The zero-order valence-corrected chi connectivity index (χ0v) is 15.5. The summed E-state index contributed by atoms with van der Waals surface area (Å²) < 4.78 is 0. The molecule has 130 valence electrons. The fourth-order valence-corrected chi connectivity index (χ4v) is 5.35. The molecule has 2 aliphatic rings. The summed E-state index contributed by atoms with van der Waals surface area (Å²) in [4.78, 5) is 2.49. The molecule has 0 amide bonds. The van der Waals surface area contributed by atoms with Crippen LogP contribution in [-0.4, -0.2) is 16.8 Å². The molecule has 1 heterocycles. The molecule has 3 nitrogen and oxygen atoms in total. The molecule has 2 atom stereocenters. The Morgan fingerprint density at radius 3 is 2.88 bits per heavy atom. The Bertz CT molecular complexity index is 724. The van der Waals surface area contributed by atoms with Gasteiger partial charge >= 0.3 is 0 Å². The van der Waals surface area contributed by atoms with Crippen LogP contribution in [0.2, 0.25) is 0 Å². The van der Waals surface area contributed by atoms with Gasteiger partial charge in [-0.1, -0.05) is 37.6 Å². The summed E-state index contributed by atoms with van der Waals surface area (Å²) in [6.07, 6.45) is 10.5. The monoisotopic (exact) mass is 345 g/mol. The average molecular weight is 346 g/mol. The first-order chi connectivity index (χ1) is 11.4. The van der Waals surface area contributed by atoms with Crippen LogP contribution in [0.25, 0.3) is 5.76 Å². The number of aliphatic hydroxyl groups is 2. The van der Waals surface area contributed by atoms with Crippen LogP contribution >= 0.6 is 11.3 Å². The third kappa shape index (κ3) is 3.05. The van der Waals surface area contributed by atoms with E-state index in [9.17, 15) is 10.2 Å². The van der Waals surface area contributed by atoms with E-state index in [-0.39, 0.29) is 23.0 Å². The van der Waals surface area contributed by atoms with Crippen molar-refractivity contribution in [2.75, 3.05) is 6.54 Å². The fraction of sp³-hybridized carbons (Fsp3) is 0.500. The number of fused-ring (bicyclic) bond motifs is 1. The van der Waals surface area contributed by atoms with Crippen LogP contribution in [0.5, 0.6) is 0 Å². The highest BCUT2D eigenvalue weighted by atomic mass is 32.1. The smallest absolute Gasteiger partial charge is 0.158 e. The second-order valence-corrected chi connectivity index (χ2v) is 8.93. The van der Waals surface area contributed by atoms with Crippen LogP contribution in [0.4, 0.5) is 0 Å². The average Bonchev–Trinajstić information content (AvgIpc) is 2.91. The quantitative estimate of drug-likeness (QED) is 0.686. The second kappa shape index (κ2) is 6.41. The van der Waals surface area contributed by atoms with Crippen molar-refractivity contribution in [2.45, 2.75) is 46.0 Å². The Kier molecular flexibility index (Phi) is 4.63. The molecule has 1 aromatic rings. The Labute approximate surface area is 148 Å². The first-order valence-electron chi connectivity index (χ1n) is 8.61. The van der Waals surface area contributed by atoms with Gasteiger partial charge in [0.25, 0.3) is 0 Å². The zero-order valence-electron chi connectivity index (χ0n) is 14.7. The molecule has 24 heavy (non-hydrogen) atoms. The minimum absolute atomic E-state index is 0.0171. The number of nitrogens with two attached hydrogens (primary N) is 1. The molecule has 0 radical (unpaired) electrons. The molecule has 1 aromatic heterocycles. The zero-order chi connectivity index (χ0) is 17.5. The molecular formula is C20H27NO2S. The number of thiophene rings is 1. The third-order valence-corrected chi connectivity index (χ3v) is 6.66. The number of aliphatic hydroxyl groups excluding tert-OH is 2. The van der Waals surface area contributed by atoms with Gasteiger partial charge < -0.3 is 15.9 Å². The maximum Gasteiger partial charge on any atom is 0.158 e. The molecule has 0 spiro atoms. The lowest BCUT2D eigenvalue weighted by Crippen LogP contribution is -2.22. The molecule has 3 rings (SSSR count). The number of hydrogen-bond donors (Lipinski definition) is 3. The van der Waals surface area contributed by atoms with E-state index in [1.165, 1.54) is 16.0 Å². The van der Waals surface area contributed by atoms with Crippen molar-refractivity contribution in [3.05, 3.63) is 50.9 Å². The lowest BCUT2D eigenvalue weighted by atomic mass is 9.75. The van der Waals surface area contributed by atoms with E-state index < -0.39 is 0 Å². The summed E-state index contributed by atoms with van der Waals surface area (Å²) in [5.74, 6) is 0.374. The van der Waals surface area contributed by atoms with Gasteiger partial charge in [-0.15, -0.1) is 11.3 Å². The van der Waals surface area contributed by atoms with E-state index in [1.807, 2.05) is 0 Å². The van der Waals surface area contributed by atoms with Crippen molar-refractivity contribution in [2.24, 2.45) is 17.1 Å². The number of aryl methyl sites for hydroxylation is 1. The van der Waals surface area contributed by atoms with Gasteiger partial charge in [-0.3, -0.25) is 0 Å². The molecule has 4 heteroatoms.